The van der Waals surface area contributed by atoms with Crippen LogP contribution < -0.4 is 10.5 Å². The minimum atomic E-state index is -4.67. The van der Waals surface area contributed by atoms with Gasteiger partial charge in [0.2, 0.25) is 0 Å². The highest BCUT2D eigenvalue weighted by Crippen LogP contribution is 2.21. The third kappa shape index (κ3) is 8.46. The predicted octanol–water partition coefficient (Wildman–Crippen LogP) is 0.159. The van der Waals surface area contributed by atoms with E-state index in [0.29, 0.717) is 17.9 Å². The van der Waals surface area contributed by atoms with E-state index in [2.05, 4.69) is 0 Å². The van der Waals surface area contributed by atoms with Crippen molar-refractivity contribution < 1.29 is 27.4 Å². The fourth-order valence-electron chi connectivity index (χ4n) is 1.07. The third-order valence-electron chi connectivity index (χ3n) is 1.69. The Morgan fingerprint density at radius 2 is 1.88 bits per heavy atom. The summed E-state index contributed by atoms with van der Waals surface area (Å²) in [7, 11) is -3.09. The number of hydrogen-bond acceptors (Lipinski definition) is 5. The van der Waals surface area contributed by atoms with E-state index >= 15 is 0 Å². The van der Waals surface area contributed by atoms with Crippen molar-refractivity contribution in [1.29, 1.82) is 0 Å². The van der Waals surface area contributed by atoms with Gasteiger partial charge >= 0.3 is 10.4 Å². The zero-order valence-electron chi connectivity index (χ0n) is 9.20. The molecule has 0 atom stereocenters. The molecule has 0 fully saturated rings. The molecule has 0 radical (unpaired) electrons. The number of anilines is 1. The van der Waals surface area contributed by atoms with Crippen LogP contribution in [0.25, 0.3) is 0 Å². The summed E-state index contributed by atoms with van der Waals surface area (Å²) in [4.78, 5) is 0. The highest BCUT2D eigenvalue weighted by Gasteiger charge is 1.99. The molecule has 0 aliphatic heterocycles. The molecule has 0 bridgehead atoms. The van der Waals surface area contributed by atoms with E-state index < -0.39 is 10.4 Å². The Hall–Kier alpha value is -1.35. The lowest BCUT2D eigenvalue weighted by Gasteiger charge is -2.05. The van der Waals surface area contributed by atoms with Gasteiger partial charge in [-0.25, -0.2) is 0 Å². The van der Waals surface area contributed by atoms with Gasteiger partial charge in [0.05, 0.1) is 12.8 Å². The van der Waals surface area contributed by atoms with Crippen LogP contribution in [0.4, 0.5) is 5.69 Å². The molecule has 8 heteroatoms. The lowest BCUT2D eigenvalue weighted by Crippen LogP contribution is -1.96. The average Bonchev–Trinajstić information content (AvgIpc) is 2.16. The van der Waals surface area contributed by atoms with Crippen molar-refractivity contribution in [3.8, 4) is 5.75 Å². The molecular formula is C9H15NO6S. The number of nitrogen functional groups attached to an aromatic ring is 1. The number of benzene rings is 1. The van der Waals surface area contributed by atoms with Gasteiger partial charge in [-0.2, -0.15) is 8.42 Å². The topological polar surface area (TPSA) is 130 Å². The molecule has 1 rings (SSSR count). The summed E-state index contributed by atoms with van der Waals surface area (Å²) in [5, 5.41) is 8.67. The van der Waals surface area contributed by atoms with E-state index in [1.807, 2.05) is 12.1 Å². The Morgan fingerprint density at radius 1 is 1.35 bits per heavy atom. The van der Waals surface area contributed by atoms with Gasteiger partial charge in [-0.3, -0.25) is 9.11 Å². The van der Waals surface area contributed by atoms with Crippen molar-refractivity contribution >= 4 is 16.1 Å². The molecule has 1 aromatic rings. The summed E-state index contributed by atoms with van der Waals surface area (Å²) in [6.45, 7) is 0.145. The Labute approximate surface area is 99.4 Å². The standard InChI is InChI=1S/C9H13NO2.H2O4S/c1-12-9-3-2-7(4-5-11)6-8(9)10;1-5(2,3)4/h2-3,6,11H,4-5,10H2,1H3;(H2,1,2,3,4). The minimum absolute atomic E-state index is 0.145. The van der Waals surface area contributed by atoms with E-state index in [0.717, 1.165) is 5.56 Å². The lowest BCUT2D eigenvalue weighted by molar-refractivity contribution is 0.299. The van der Waals surface area contributed by atoms with Crippen LogP contribution in [0.2, 0.25) is 0 Å². The number of aliphatic hydroxyl groups excluding tert-OH is 1. The Morgan fingerprint density at radius 3 is 2.24 bits per heavy atom. The zero-order chi connectivity index (χ0) is 13.5. The summed E-state index contributed by atoms with van der Waals surface area (Å²) in [5.41, 5.74) is 7.29. The number of methoxy groups -OCH3 is 1. The van der Waals surface area contributed by atoms with Gasteiger partial charge in [-0.1, -0.05) is 6.07 Å². The predicted molar refractivity (Wildman–Crippen MR) is 62.4 cm³/mol. The summed E-state index contributed by atoms with van der Waals surface area (Å²) < 4.78 is 36.6. The largest absolute Gasteiger partial charge is 0.495 e. The smallest absolute Gasteiger partial charge is 0.394 e. The van der Waals surface area contributed by atoms with Crippen LogP contribution in [0, 0.1) is 0 Å². The average molecular weight is 265 g/mol. The van der Waals surface area contributed by atoms with Gasteiger partial charge in [0.15, 0.2) is 0 Å². The summed E-state index contributed by atoms with van der Waals surface area (Å²) in [5.74, 6) is 0.677. The highest BCUT2D eigenvalue weighted by molar-refractivity contribution is 7.79. The maximum Gasteiger partial charge on any atom is 0.394 e. The second-order valence-electron chi connectivity index (χ2n) is 3.00. The van der Waals surface area contributed by atoms with E-state index in [-0.39, 0.29) is 6.61 Å². The van der Waals surface area contributed by atoms with Gasteiger partial charge < -0.3 is 15.6 Å². The molecule has 0 saturated heterocycles. The Bertz CT molecular complexity index is 437. The minimum Gasteiger partial charge on any atom is -0.495 e. The van der Waals surface area contributed by atoms with E-state index in [9.17, 15) is 0 Å². The number of nitrogens with two attached hydrogens (primary N) is 1. The van der Waals surface area contributed by atoms with Crippen LogP contribution in [0.3, 0.4) is 0 Å². The molecule has 0 aliphatic rings. The number of aliphatic hydroxyl groups is 1. The van der Waals surface area contributed by atoms with Crippen molar-refractivity contribution in [3.05, 3.63) is 23.8 Å². The second-order valence-corrected chi connectivity index (χ2v) is 3.89. The van der Waals surface area contributed by atoms with Crippen LogP contribution in [-0.2, 0) is 16.8 Å². The molecule has 7 nitrogen and oxygen atoms in total. The second kappa shape index (κ2) is 7.07. The van der Waals surface area contributed by atoms with Crippen LogP contribution in [-0.4, -0.2) is 36.3 Å². The van der Waals surface area contributed by atoms with Crippen molar-refractivity contribution in [1.82, 2.24) is 0 Å². The Kier molecular flexibility index (Phi) is 6.51. The number of rotatable bonds is 3. The van der Waals surface area contributed by atoms with Crippen LogP contribution in [0.15, 0.2) is 18.2 Å². The van der Waals surface area contributed by atoms with Crippen molar-refractivity contribution in [2.24, 2.45) is 0 Å². The van der Waals surface area contributed by atoms with Crippen molar-refractivity contribution in [3.63, 3.8) is 0 Å². The summed E-state index contributed by atoms with van der Waals surface area (Å²) in [6.07, 6.45) is 0.633. The number of ether oxygens (including phenoxy) is 1. The molecule has 5 N–H and O–H groups in total. The van der Waals surface area contributed by atoms with Gasteiger partial charge in [0.1, 0.15) is 5.75 Å². The highest BCUT2D eigenvalue weighted by atomic mass is 32.3. The zero-order valence-corrected chi connectivity index (χ0v) is 10.0. The monoisotopic (exact) mass is 265 g/mol. The summed E-state index contributed by atoms with van der Waals surface area (Å²) in [6, 6.07) is 5.51. The molecule has 98 valence electrons. The third-order valence-corrected chi connectivity index (χ3v) is 1.69. The molecule has 17 heavy (non-hydrogen) atoms. The van der Waals surface area contributed by atoms with E-state index in [1.165, 1.54) is 0 Å². The first-order valence-electron chi connectivity index (χ1n) is 4.51. The van der Waals surface area contributed by atoms with E-state index in [1.54, 1.807) is 13.2 Å². The number of hydrogen-bond donors (Lipinski definition) is 4. The fraction of sp³-hybridized carbons (Fsp3) is 0.333. The molecule has 0 aliphatic carbocycles. The molecule has 0 amide bonds. The van der Waals surface area contributed by atoms with Crippen molar-refractivity contribution in [2.75, 3.05) is 19.5 Å². The van der Waals surface area contributed by atoms with Crippen molar-refractivity contribution in [2.45, 2.75) is 6.42 Å². The van der Waals surface area contributed by atoms with Crippen LogP contribution >= 0.6 is 0 Å². The van der Waals surface area contributed by atoms with E-state index in [4.69, 9.17) is 33.1 Å². The molecule has 0 saturated carbocycles. The molecule has 0 aromatic heterocycles. The molecule has 0 spiro atoms. The van der Waals surface area contributed by atoms with Gasteiger partial charge in [-0.15, -0.1) is 0 Å². The molecule has 0 unspecified atom stereocenters. The molecule has 0 heterocycles. The first-order valence-corrected chi connectivity index (χ1v) is 5.90. The van der Waals surface area contributed by atoms with Gasteiger partial charge in [-0.05, 0) is 24.1 Å². The van der Waals surface area contributed by atoms with Crippen LogP contribution in [0.5, 0.6) is 5.75 Å². The maximum atomic E-state index is 8.74. The van der Waals surface area contributed by atoms with Crippen LogP contribution in [0.1, 0.15) is 5.56 Å². The SMILES string of the molecule is COc1ccc(CCO)cc1N.O=S(=O)(O)O. The quantitative estimate of drug-likeness (QED) is 0.452. The maximum absolute atomic E-state index is 8.74. The normalized spacial score (nSPS) is 10.4. The van der Waals surface area contributed by atoms with Gasteiger partial charge in [0, 0.05) is 6.61 Å². The first kappa shape index (κ1) is 15.7. The van der Waals surface area contributed by atoms with Gasteiger partial charge in [0.25, 0.3) is 0 Å². The lowest BCUT2D eigenvalue weighted by atomic mass is 10.1. The molecule has 1 aromatic carbocycles. The summed E-state index contributed by atoms with van der Waals surface area (Å²) >= 11 is 0. The first-order chi connectivity index (χ1) is 7.77. The Balaban J connectivity index is 0.000000437. The fourth-order valence-corrected chi connectivity index (χ4v) is 1.07. The molecular weight excluding hydrogens is 250 g/mol.